The molecular weight excluding hydrogens is 337 g/mol. The number of carbonyl (C=O) groups excluding carboxylic acids is 1. The topological polar surface area (TPSA) is 23.6 Å². The molecule has 2 heterocycles. The second-order valence-corrected chi connectivity index (χ2v) is 7.76. The molecule has 0 radical (unpaired) electrons. The van der Waals surface area contributed by atoms with E-state index in [1.165, 1.54) is 36.7 Å². The van der Waals surface area contributed by atoms with Crippen LogP contribution in [0.1, 0.15) is 36.3 Å². The zero-order chi connectivity index (χ0) is 17.3. The van der Waals surface area contributed by atoms with Crippen LogP contribution in [0.25, 0.3) is 0 Å². The van der Waals surface area contributed by atoms with Crippen molar-refractivity contribution in [1.82, 2.24) is 9.80 Å². The summed E-state index contributed by atoms with van der Waals surface area (Å²) in [4.78, 5) is 16.6. The first-order valence-electron chi connectivity index (χ1n) is 8.22. The van der Waals surface area contributed by atoms with Gasteiger partial charge in [0.2, 0.25) is 5.91 Å². The van der Waals surface area contributed by atoms with Gasteiger partial charge in [0.1, 0.15) is 5.37 Å². The number of likely N-dealkylation sites (tertiary alicyclic amines) is 1. The molecule has 0 aliphatic carbocycles. The van der Waals surface area contributed by atoms with Crippen molar-refractivity contribution >= 4 is 17.7 Å². The average molecular weight is 358 g/mol. The van der Waals surface area contributed by atoms with Crippen molar-refractivity contribution in [2.24, 2.45) is 0 Å². The van der Waals surface area contributed by atoms with Crippen LogP contribution in [0.3, 0.4) is 0 Å². The molecule has 0 spiro atoms. The van der Waals surface area contributed by atoms with Crippen LogP contribution in [-0.2, 0) is 11.0 Å². The number of carbonyl (C=O) groups is 1. The Morgan fingerprint density at radius 2 is 1.75 bits per heavy atom. The predicted octanol–water partition coefficient (Wildman–Crippen LogP) is 3.76. The molecule has 2 aliphatic rings. The van der Waals surface area contributed by atoms with E-state index in [1.807, 2.05) is 11.8 Å². The van der Waals surface area contributed by atoms with E-state index in [2.05, 4.69) is 4.90 Å². The summed E-state index contributed by atoms with van der Waals surface area (Å²) in [5.74, 6) is 0.0732. The van der Waals surface area contributed by atoms with Crippen LogP contribution in [0.5, 0.6) is 0 Å². The molecule has 1 aromatic carbocycles. The minimum absolute atomic E-state index is 0.0732. The van der Waals surface area contributed by atoms with Crippen molar-refractivity contribution in [3.05, 3.63) is 35.4 Å². The third-order valence-electron chi connectivity index (χ3n) is 4.63. The third kappa shape index (κ3) is 3.72. The fraction of sp³-hybridized carbons (Fsp3) is 0.588. The van der Waals surface area contributed by atoms with Crippen LogP contribution >= 0.6 is 11.8 Å². The highest BCUT2D eigenvalue weighted by Crippen LogP contribution is 2.43. The summed E-state index contributed by atoms with van der Waals surface area (Å²) in [6.45, 7) is 5.45. The van der Waals surface area contributed by atoms with Gasteiger partial charge in [-0.05, 0) is 50.6 Å². The Morgan fingerprint density at radius 1 is 1.12 bits per heavy atom. The van der Waals surface area contributed by atoms with E-state index in [9.17, 15) is 18.0 Å². The van der Waals surface area contributed by atoms with E-state index in [0.29, 0.717) is 6.54 Å². The maximum absolute atomic E-state index is 12.7. The minimum atomic E-state index is -4.33. The van der Waals surface area contributed by atoms with Gasteiger partial charge >= 0.3 is 6.18 Å². The molecule has 0 N–H and O–H groups in total. The number of alkyl halides is 3. The van der Waals surface area contributed by atoms with E-state index < -0.39 is 11.7 Å². The average Bonchev–Trinajstić information content (AvgIpc) is 3.14. The molecule has 0 unspecified atom stereocenters. The quantitative estimate of drug-likeness (QED) is 0.819. The van der Waals surface area contributed by atoms with Gasteiger partial charge in [-0.15, -0.1) is 11.8 Å². The van der Waals surface area contributed by atoms with Crippen molar-refractivity contribution in [1.29, 1.82) is 0 Å². The standard InChI is InChI=1S/C17H21F3N2OS/c1-12-15(23)22(11-10-21-8-2-3-9-21)16(24-12)13-4-6-14(7-5-13)17(18,19)20/h4-7,12,16H,2-3,8-11H2,1H3/t12-,16-/m0/s1. The molecule has 2 saturated heterocycles. The normalized spacial score (nSPS) is 25.7. The highest BCUT2D eigenvalue weighted by molar-refractivity contribution is 8.01. The number of thioether (sulfide) groups is 1. The minimum Gasteiger partial charge on any atom is -0.324 e. The molecule has 2 atom stereocenters. The maximum Gasteiger partial charge on any atom is 0.416 e. The van der Waals surface area contributed by atoms with Crippen molar-refractivity contribution in [3.8, 4) is 0 Å². The van der Waals surface area contributed by atoms with Gasteiger partial charge in [0.15, 0.2) is 0 Å². The Bertz CT molecular complexity index is 584. The smallest absolute Gasteiger partial charge is 0.324 e. The number of benzene rings is 1. The van der Waals surface area contributed by atoms with Crippen molar-refractivity contribution in [2.45, 2.75) is 36.6 Å². The Labute approximate surface area is 144 Å². The highest BCUT2D eigenvalue weighted by atomic mass is 32.2. The van der Waals surface area contributed by atoms with Crippen molar-refractivity contribution < 1.29 is 18.0 Å². The summed E-state index contributed by atoms with van der Waals surface area (Å²) in [7, 11) is 0. The molecule has 0 aromatic heterocycles. The summed E-state index contributed by atoms with van der Waals surface area (Å²) in [6, 6.07) is 5.19. The summed E-state index contributed by atoms with van der Waals surface area (Å²) in [5, 5.41) is -0.353. The molecule has 0 saturated carbocycles. The van der Waals surface area contributed by atoms with Crippen LogP contribution in [0.4, 0.5) is 13.2 Å². The lowest BCUT2D eigenvalue weighted by Gasteiger charge is -2.26. The molecular formula is C17H21F3N2OS. The highest BCUT2D eigenvalue weighted by Gasteiger charge is 2.39. The van der Waals surface area contributed by atoms with Gasteiger partial charge < -0.3 is 9.80 Å². The molecule has 2 aliphatic heterocycles. The van der Waals surface area contributed by atoms with E-state index in [4.69, 9.17) is 0 Å². The zero-order valence-electron chi connectivity index (χ0n) is 13.6. The number of rotatable bonds is 4. The van der Waals surface area contributed by atoms with Gasteiger partial charge in [-0.2, -0.15) is 13.2 Å². The van der Waals surface area contributed by atoms with Gasteiger partial charge in [-0.3, -0.25) is 4.79 Å². The van der Waals surface area contributed by atoms with Crippen molar-refractivity contribution in [2.75, 3.05) is 26.2 Å². The van der Waals surface area contributed by atoms with Crippen LogP contribution in [0, 0.1) is 0 Å². The molecule has 1 aromatic rings. The Hall–Kier alpha value is -1.21. The third-order valence-corrected chi connectivity index (χ3v) is 6.02. The largest absolute Gasteiger partial charge is 0.416 e. The summed E-state index contributed by atoms with van der Waals surface area (Å²) in [5.41, 5.74) is 0.101. The maximum atomic E-state index is 12.7. The number of nitrogens with zero attached hydrogens (tertiary/aromatic N) is 2. The van der Waals surface area contributed by atoms with Gasteiger partial charge in [-0.25, -0.2) is 0 Å². The molecule has 3 rings (SSSR count). The van der Waals surface area contributed by atoms with Gasteiger partial charge in [-0.1, -0.05) is 12.1 Å². The number of amides is 1. The first kappa shape index (κ1) is 17.6. The van der Waals surface area contributed by atoms with Crippen LogP contribution in [0.2, 0.25) is 0 Å². The first-order chi connectivity index (χ1) is 11.4. The fourth-order valence-electron chi connectivity index (χ4n) is 3.25. The fourth-order valence-corrected chi connectivity index (χ4v) is 4.56. The van der Waals surface area contributed by atoms with Crippen LogP contribution in [0.15, 0.2) is 24.3 Å². The summed E-state index contributed by atoms with van der Waals surface area (Å²) >= 11 is 1.51. The predicted molar refractivity (Wildman–Crippen MR) is 88.6 cm³/mol. The lowest BCUT2D eigenvalue weighted by molar-refractivity contribution is -0.137. The number of hydrogen-bond donors (Lipinski definition) is 0. The second kappa shape index (κ2) is 6.96. The summed E-state index contributed by atoms with van der Waals surface area (Å²) < 4.78 is 38.1. The molecule has 7 heteroatoms. The zero-order valence-corrected chi connectivity index (χ0v) is 14.4. The molecule has 132 valence electrons. The Balaban J connectivity index is 1.72. The number of hydrogen-bond acceptors (Lipinski definition) is 3. The van der Waals surface area contributed by atoms with Gasteiger partial charge in [0.05, 0.1) is 10.8 Å². The SMILES string of the molecule is C[C@@H]1S[C@@H](c2ccc(C(F)(F)F)cc2)N(CCN2CCCC2)C1=O. The number of halogens is 3. The molecule has 2 fully saturated rings. The van der Waals surface area contributed by atoms with E-state index in [-0.39, 0.29) is 16.5 Å². The molecule has 1 amide bonds. The Morgan fingerprint density at radius 3 is 2.33 bits per heavy atom. The lowest BCUT2D eigenvalue weighted by Crippen LogP contribution is -2.37. The Kier molecular flexibility index (Phi) is 5.11. The lowest BCUT2D eigenvalue weighted by atomic mass is 10.1. The van der Waals surface area contributed by atoms with Crippen molar-refractivity contribution in [3.63, 3.8) is 0 Å². The molecule has 0 bridgehead atoms. The monoisotopic (exact) mass is 358 g/mol. The van der Waals surface area contributed by atoms with E-state index in [0.717, 1.165) is 37.3 Å². The van der Waals surface area contributed by atoms with Gasteiger partial charge in [0, 0.05) is 13.1 Å². The first-order valence-corrected chi connectivity index (χ1v) is 9.16. The van der Waals surface area contributed by atoms with E-state index in [1.54, 1.807) is 0 Å². The summed E-state index contributed by atoms with van der Waals surface area (Å²) in [6.07, 6.45) is -1.94. The van der Waals surface area contributed by atoms with E-state index >= 15 is 0 Å². The molecule has 24 heavy (non-hydrogen) atoms. The molecule has 3 nitrogen and oxygen atoms in total. The van der Waals surface area contributed by atoms with Gasteiger partial charge in [0.25, 0.3) is 0 Å². The van der Waals surface area contributed by atoms with Crippen LogP contribution in [-0.4, -0.2) is 47.1 Å². The van der Waals surface area contributed by atoms with Crippen LogP contribution < -0.4 is 0 Å². The second-order valence-electron chi connectivity index (χ2n) is 6.33.